The first-order valence-corrected chi connectivity index (χ1v) is 7.54. The van der Waals surface area contributed by atoms with Crippen molar-refractivity contribution in [2.75, 3.05) is 13.2 Å². The number of benzene rings is 1. The quantitative estimate of drug-likeness (QED) is 0.814. The van der Waals surface area contributed by atoms with Crippen LogP contribution in [0.1, 0.15) is 32.0 Å². The van der Waals surface area contributed by atoms with Crippen molar-refractivity contribution >= 4 is 11.0 Å². The number of nitrogens with zero attached hydrogens (tertiary/aromatic N) is 2. The van der Waals surface area contributed by atoms with Crippen LogP contribution in [0.15, 0.2) is 24.3 Å². The van der Waals surface area contributed by atoms with E-state index in [9.17, 15) is 5.11 Å². The second-order valence-corrected chi connectivity index (χ2v) is 5.93. The minimum absolute atomic E-state index is 0.154. The van der Waals surface area contributed by atoms with Gasteiger partial charge in [0.25, 0.3) is 0 Å². The van der Waals surface area contributed by atoms with Crippen LogP contribution in [-0.4, -0.2) is 27.8 Å². The molecule has 1 fully saturated rings. The van der Waals surface area contributed by atoms with Gasteiger partial charge < -0.3 is 15.0 Å². The van der Waals surface area contributed by atoms with Crippen LogP contribution >= 0.6 is 0 Å². The molecule has 4 nitrogen and oxygen atoms in total. The lowest BCUT2D eigenvalue weighted by atomic mass is 10.1. The molecule has 0 amide bonds. The van der Waals surface area contributed by atoms with E-state index in [2.05, 4.69) is 35.0 Å². The second kappa shape index (κ2) is 5.54. The van der Waals surface area contributed by atoms with Crippen molar-refractivity contribution in [1.82, 2.24) is 14.9 Å². The van der Waals surface area contributed by atoms with Gasteiger partial charge in [0.2, 0.25) is 0 Å². The highest BCUT2D eigenvalue weighted by atomic mass is 16.3. The van der Waals surface area contributed by atoms with E-state index in [1.54, 1.807) is 0 Å². The molecule has 1 saturated carbocycles. The summed E-state index contributed by atoms with van der Waals surface area (Å²) in [6.07, 6.45) is 3.39. The lowest BCUT2D eigenvalue weighted by Gasteiger charge is -2.13. The summed E-state index contributed by atoms with van der Waals surface area (Å²) in [5.74, 6) is 1.10. The molecule has 1 heterocycles. The van der Waals surface area contributed by atoms with Crippen LogP contribution in [0, 0.1) is 5.41 Å². The molecule has 0 bridgehead atoms. The van der Waals surface area contributed by atoms with Crippen molar-refractivity contribution < 1.29 is 5.11 Å². The second-order valence-electron chi connectivity index (χ2n) is 5.93. The third-order valence-corrected chi connectivity index (χ3v) is 4.26. The van der Waals surface area contributed by atoms with Gasteiger partial charge in [-0.3, -0.25) is 0 Å². The molecular formula is C16H23N3O. The van der Waals surface area contributed by atoms with Gasteiger partial charge in [-0.2, -0.15) is 0 Å². The number of hydrogen-bond acceptors (Lipinski definition) is 3. The van der Waals surface area contributed by atoms with Crippen LogP contribution in [0.5, 0.6) is 0 Å². The Morgan fingerprint density at radius 2 is 2.15 bits per heavy atom. The molecule has 0 radical (unpaired) electrons. The van der Waals surface area contributed by atoms with E-state index in [0.29, 0.717) is 6.61 Å². The highest BCUT2D eigenvalue weighted by Gasteiger charge is 2.41. The van der Waals surface area contributed by atoms with E-state index in [0.717, 1.165) is 50.2 Å². The normalized spacial score (nSPS) is 16.7. The monoisotopic (exact) mass is 273 g/mol. The third kappa shape index (κ3) is 2.58. The number of aliphatic hydroxyl groups is 1. The Morgan fingerprint density at radius 1 is 1.35 bits per heavy atom. The Hall–Kier alpha value is -1.39. The Labute approximate surface area is 119 Å². The summed E-state index contributed by atoms with van der Waals surface area (Å²) in [6.45, 7) is 5.15. The van der Waals surface area contributed by atoms with Gasteiger partial charge in [-0.25, -0.2) is 4.98 Å². The molecule has 1 aromatic carbocycles. The van der Waals surface area contributed by atoms with Gasteiger partial charge in [-0.05, 0) is 31.4 Å². The Balaban J connectivity index is 1.74. The van der Waals surface area contributed by atoms with Crippen LogP contribution in [0.4, 0.5) is 0 Å². The number of nitrogens with one attached hydrogen (secondary N) is 1. The van der Waals surface area contributed by atoms with E-state index in [-0.39, 0.29) is 5.41 Å². The molecule has 1 aliphatic carbocycles. The Bertz CT molecular complexity index is 586. The van der Waals surface area contributed by atoms with E-state index in [1.165, 1.54) is 5.52 Å². The Kier molecular flexibility index (Phi) is 3.76. The molecule has 0 unspecified atom stereocenters. The third-order valence-electron chi connectivity index (χ3n) is 4.26. The van der Waals surface area contributed by atoms with E-state index in [4.69, 9.17) is 4.98 Å². The molecule has 1 aliphatic rings. The molecule has 0 saturated heterocycles. The summed E-state index contributed by atoms with van der Waals surface area (Å²) in [6, 6.07) is 8.31. The highest BCUT2D eigenvalue weighted by Crippen LogP contribution is 2.44. The molecular weight excluding hydrogens is 250 g/mol. The fraction of sp³-hybridized carbons (Fsp3) is 0.562. The van der Waals surface area contributed by atoms with Crippen LogP contribution in [0.3, 0.4) is 0 Å². The predicted molar refractivity (Wildman–Crippen MR) is 80.5 cm³/mol. The van der Waals surface area contributed by atoms with Gasteiger partial charge in [0, 0.05) is 25.1 Å². The molecule has 20 heavy (non-hydrogen) atoms. The summed E-state index contributed by atoms with van der Waals surface area (Å²) in [4.78, 5) is 4.74. The van der Waals surface area contributed by atoms with E-state index in [1.807, 2.05) is 6.07 Å². The average molecular weight is 273 g/mol. The van der Waals surface area contributed by atoms with Crippen molar-refractivity contribution in [3.63, 3.8) is 0 Å². The number of imidazole rings is 1. The smallest absolute Gasteiger partial charge is 0.123 e. The molecule has 0 spiro atoms. The number of fused-ring (bicyclic) bond motifs is 1. The summed E-state index contributed by atoms with van der Waals surface area (Å²) in [5, 5.41) is 12.8. The van der Waals surface area contributed by atoms with Crippen molar-refractivity contribution in [2.24, 2.45) is 5.41 Å². The average Bonchev–Trinajstić information content (AvgIpc) is 3.17. The van der Waals surface area contributed by atoms with Gasteiger partial charge in [-0.15, -0.1) is 0 Å². The SMILES string of the molecule is CCCn1c(CNCC2(CO)CC2)nc2ccccc21. The maximum absolute atomic E-state index is 9.35. The number of hydrogen-bond donors (Lipinski definition) is 2. The minimum Gasteiger partial charge on any atom is -0.396 e. The molecule has 2 N–H and O–H groups in total. The summed E-state index contributed by atoms with van der Waals surface area (Å²) >= 11 is 0. The molecule has 0 aliphatic heterocycles. The summed E-state index contributed by atoms with van der Waals surface area (Å²) in [7, 11) is 0. The fourth-order valence-corrected chi connectivity index (χ4v) is 2.74. The number of aryl methyl sites for hydroxylation is 1. The lowest BCUT2D eigenvalue weighted by molar-refractivity contribution is 0.207. The largest absolute Gasteiger partial charge is 0.396 e. The van der Waals surface area contributed by atoms with Crippen LogP contribution < -0.4 is 5.32 Å². The lowest BCUT2D eigenvalue weighted by Crippen LogP contribution is -2.27. The van der Waals surface area contributed by atoms with E-state index < -0.39 is 0 Å². The number of aromatic nitrogens is 2. The fourth-order valence-electron chi connectivity index (χ4n) is 2.74. The van der Waals surface area contributed by atoms with Gasteiger partial charge in [0.1, 0.15) is 5.82 Å². The van der Waals surface area contributed by atoms with Gasteiger partial charge >= 0.3 is 0 Å². The molecule has 1 aromatic heterocycles. The molecule has 108 valence electrons. The standard InChI is InChI=1S/C16H23N3O/c1-2-9-19-14-6-4-3-5-13(14)18-15(19)10-17-11-16(12-20)7-8-16/h3-6,17,20H,2,7-12H2,1H3. The van der Waals surface area contributed by atoms with Crippen LogP contribution in [0.25, 0.3) is 11.0 Å². The maximum atomic E-state index is 9.35. The van der Waals surface area contributed by atoms with Gasteiger partial charge in [-0.1, -0.05) is 19.1 Å². The first-order valence-electron chi connectivity index (χ1n) is 7.54. The zero-order valence-corrected chi connectivity index (χ0v) is 12.1. The number of aliphatic hydroxyl groups excluding tert-OH is 1. The van der Waals surface area contributed by atoms with Crippen LogP contribution in [-0.2, 0) is 13.1 Å². The topological polar surface area (TPSA) is 50.1 Å². The van der Waals surface area contributed by atoms with E-state index >= 15 is 0 Å². The van der Waals surface area contributed by atoms with Gasteiger partial charge in [0.15, 0.2) is 0 Å². The molecule has 0 atom stereocenters. The van der Waals surface area contributed by atoms with Gasteiger partial charge in [0.05, 0.1) is 17.6 Å². The predicted octanol–water partition coefficient (Wildman–Crippen LogP) is 2.31. The summed E-state index contributed by atoms with van der Waals surface area (Å²) in [5.41, 5.74) is 2.44. The Morgan fingerprint density at radius 3 is 2.85 bits per heavy atom. The number of rotatable bonds is 7. The van der Waals surface area contributed by atoms with Crippen molar-refractivity contribution in [2.45, 2.75) is 39.3 Å². The van der Waals surface area contributed by atoms with Crippen molar-refractivity contribution in [3.05, 3.63) is 30.1 Å². The molecule has 2 aromatic rings. The molecule has 3 rings (SSSR count). The first-order chi connectivity index (χ1) is 9.78. The zero-order chi connectivity index (χ0) is 14.0. The van der Waals surface area contributed by atoms with Crippen molar-refractivity contribution in [3.8, 4) is 0 Å². The zero-order valence-electron chi connectivity index (χ0n) is 12.1. The highest BCUT2D eigenvalue weighted by molar-refractivity contribution is 5.75. The van der Waals surface area contributed by atoms with Crippen molar-refractivity contribution in [1.29, 1.82) is 0 Å². The van der Waals surface area contributed by atoms with Crippen LogP contribution in [0.2, 0.25) is 0 Å². The number of para-hydroxylation sites is 2. The maximum Gasteiger partial charge on any atom is 0.123 e. The first kappa shape index (κ1) is 13.6. The summed E-state index contributed by atoms with van der Waals surface area (Å²) < 4.78 is 2.31. The minimum atomic E-state index is 0.154. The molecule has 4 heteroatoms.